The Bertz CT molecular complexity index is 1240. The molecule has 0 radical (unpaired) electrons. The smallest absolute Gasteiger partial charge is 0.260 e. The summed E-state index contributed by atoms with van der Waals surface area (Å²) in [7, 11) is 1.69. The molecule has 0 bridgehead atoms. The third-order valence-electron chi connectivity index (χ3n) is 5.98. The lowest BCUT2D eigenvalue weighted by atomic mass is 10.1. The Kier molecular flexibility index (Phi) is 6.03. The van der Waals surface area contributed by atoms with Crippen molar-refractivity contribution < 1.29 is 4.74 Å². The van der Waals surface area contributed by atoms with E-state index in [0.29, 0.717) is 11.9 Å². The fourth-order valence-corrected chi connectivity index (χ4v) is 5.17. The zero-order valence-corrected chi connectivity index (χ0v) is 18.9. The van der Waals surface area contributed by atoms with Crippen LogP contribution < -0.4 is 10.3 Å². The van der Waals surface area contributed by atoms with Gasteiger partial charge in [-0.3, -0.25) is 14.6 Å². The first-order valence-electron chi connectivity index (χ1n) is 10.8. The third-order valence-corrected chi connectivity index (χ3v) is 6.85. The Morgan fingerprint density at radius 1 is 0.969 bits per heavy atom. The van der Waals surface area contributed by atoms with Crippen LogP contribution in [-0.2, 0) is 13.1 Å². The maximum atomic E-state index is 12.9. The van der Waals surface area contributed by atoms with Crippen molar-refractivity contribution in [3.8, 4) is 16.9 Å². The van der Waals surface area contributed by atoms with Crippen LogP contribution >= 0.6 is 11.3 Å². The number of hydrogen-bond acceptors (Lipinski definition) is 6. The predicted molar refractivity (Wildman–Crippen MR) is 129 cm³/mol. The minimum atomic E-state index is -0.0526. The van der Waals surface area contributed by atoms with Gasteiger partial charge in [0.1, 0.15) is 16.4 Å². The van der Waals surface area contributed by atoms with E-state index in [-0.39, 0.29) is 5.56 Å². The summed E-state index contributed by atoms with van der Waals surface area (Å²) in [4.78, 5) is 26.3. The van der Waals surface area contributed by atoms with Crippen LogP contribution in [0.1, 0.15) is 11.4 Å². The summed E-state index contributed by atoms with van der Waals surface area (Å²) in [6.45, 7) is 5.51. The average Bonchev–Trinajstić information content (AvgIpc) is 3.26. The van der Waals surface area contributed by atoms with Crippen LogP contribution in [0.15, 0.2) is 64.8 Å². The number of aromatic nitrogens is 2. The summed E-state index contributed by atoms with van der Waals surface area (Å²) in [5, 5.41) is 2.72. The Morgan fingerprint density at radius 3 is 2.34 bits per heavy atom. The number of aromatic amines is 1. The summed E-state index contributed by atoms with van der Waals surface area (Å²) in [5.41, 5.74) is 3.25. The van der Waals surface area contributed by atoms with Crippen LogP contribution in [0, 0.1) is 0 Å². The Labute approximate surface area is 191 Å². The Balaban J connectivity index is 1.23. The number of nitrogens with one attached hydrogen (secondary N) is 1. The molecule has 5 rings (SSSR count). The molecule has 2 aromatic heterocycles. The summed E-state index contributed by atoms with van der Waals surface area (Å²) in [6.07, 6.45) is 0. The zero-order chi connectivity index (χ0) is 21.9. The standard InChI is InChI=1S/C25H26N4O2S/c1-31-20-9-7-18(8-10-20)15-28-11-13-29(14-12-28)16-22-26-24(30)23-21(17-32-25(23)27-22)19-5-3-2-4-6-19/h2-10,17H,11-16H2,1H3,(H,26,27,30). The van der Waals surface area contributed by atoms with Gasteiger partial charge in [0.25, 0.3) is 5.56 Å². The molecule has 0 unspecified atom stereocenters. The first-order chi connectivity index (χ1) is 15.7. The van der Waals surface area contributed by atoms with Crippen LogP contribution in [0.2, 0.25) is 0 Å². The van der Waals surface area contributed by atoms with Crippen molar-refractivity contribution in [1.82, 2.24) is 19.8 Å². The number of methoxy groups -OCH3 is 1. The van der Waals surface area contributed by atoms with E-state index in [0.717, 1.165) is 60.3 Å². The Hall–Kier alpha value is -3.00. The van der Waals surface area contributed by atoms with E-state index in [1.165, 1.54) is 16.9 Å². The lowest BCUT2D eigenvalue weighted by Gasteiger charge is -2.34. The average molecular weight is 447 g/mol. The summed E-state index contributed by atoms with van der Waals surface area (Å²) < 4.78 is 5.24. The lowest BCUT2D eigenvalue weighted by molar-refractivity contribution is 0.120. The van der Waals surface area contributed by atoms with E-state index in [9.17, 15) is 4.79 Å². The number of benzene rings is 2. The van der Waals surface area contributed by atoms with E-state index in [1.54, 1.807) is 7.11 Å². The maximum Gasteiger partial charge on any atom is 0.260 e. The third kappa shape index (κ3) is 4.46. The normalized spacial score (nSPS) is 15.3. The van der Waals surface area contributed by atoms with Crippen LogP contribution in [0.25, 0.3) is 21.3 Å². The topological polar surface area (TPSA) is 61.5 Å². The molecule has 2 aromatic carbocycles. The second kappa shape index (κ2) is 9.24. The first kappa shape index (κ1) is 20.9. The van der Waals surface area contributed by atoms with Crippen LogP contribution in [0.5, 0.6) is 5.75 Å². The summed E-state index contributed by atoms with van der Waals surface area (Å²) >= 11 is 1.54. The second-order valence-electron chi connectivity index (χ2n) is 8.11. The second-order valence-corrected chi connectivity index (χ2v) is 8.97. The van der Waals surface area contributed by atoms with Gasteiger partial charge in [-0.2, -0.15) is 0 Å². The van der Waals surface area contributed by atoms with Crippen LogP contribution in [0.3, 0.4) is 0 Å². The fraction of sp³-hybridized carbons (Fsp3) is 0.280. The van der Waals surface area contributed by atoms with Crippen molar-refractivity contribution in [2.24, 2.45) is 0 Å². The van der Waals surface area contributed by atoms with E-state index < -0.39 is 0 Å². The summed E-state index contributed by atoms with van der Waals surface area (Å²) in [5.74, 6) is 1.63. The van der Waals surface area contributed by atoms with Crippen molar-refractivity contribution in [3.63, 3.8) is 0 Å². The van der Waals surface area contributed by atoms with Gasteiger partial charge in [-0.15, -0.1) is 11.3 Å². The van der Waals surface area contributed by atoms with E-state index in [2.05, 4.69) is 26.9 Å². The number of nitrogens with zero attached hydrogens (tertiary/aromatic N) is 3. The number of H-pyrrole nitrogens is 1. The van der Waals surface area contributed by atoms with Crippen molar-refractivity contribution in [2.75, 3.05) is 33.3 Å². The minimum Gasteiger partial charge on any atom is -0.497 e. The van der Waals surface area contributed by atoms with E-state index >= 15 is 0 Å². The van der Waals surface area contributed by atoms with Gasteiger partial charge >= 0.3 is 0 Å². The molecule has 1 aliphatic rings. The van der Waals surface area contributed by atoms with Gasteiger partial charge in [0.15, 0.2) is 0 Å². The maximum absolute atomic E-state index is 12.9. The minimum absolute atomic E-state index is 0.0526. The van der Waals surface area contributed by atoms with E-state index in [1.807, 2.05) is 47.8 Å². The van der Waals surface area contributed by atoms with E-state index in [4.69, 9.17) is 9.72 Å². The zero-order valence-electron chi connectivity index (χ0n) is 18.1. The predicted octanol–water partition coefficient (Wildman–Crippen LogP) is 3.98. The van der Waals surface area contributed by atoms with Gasteiger partial charge in [0.2, 0.25) is 0 Å². The van der Waals surface area contributed by atoms with Gasteiger partial charge in [0.05, 0.1) is 19.0 Å². The fourth-order valence-electron chi connectivity index (χ4n) is 4.21. The molecule has 0 aliphatic carbocycles. The molecular weight excluding hydrogens is 420 g/mol. The van der Waals surface area contributed by atoms with Gasteiger partial charge in [-0.05, 0) is 23.3 Å². The number of thiophene rings is 1. The molecule has 0 atom stereocenters. The van der Waals surface area contributed by atoms with Crippen molar-refractivity contribution in [3.05, 3.63) is 81.7 Å². The highest BCUT2D eigenvalue weighted by molar-refractivity contribution is 7.17. The van der Waals surface area contributed by atoms with Gasteiger partial charge in [-0.25, -0.2) is 4.98 Å². The van der Waals surface area contributed by atoms with Crippen molar-refractivity contribution in [1.29, 1.82) is 0 Å². The number of ether oxygens (including phenoxy) is 1. The number of hydrogen-bond donors (Lipinski definition) is 1. The monoisotopic (exact) mass is 446 g/mol. The molecule has 0 saturated carbocycles. The number of rotatable bonds is 6. The SMILES string of the molecule is COc1ccc(CN2CCN(Cc3nc4scc(-c5ccccc5)c4c(=O)[nH]3)CC2)cc1. The molecule has 1 saturated heterocycles. The largest absolute Gasteiger partial charge is 0.497 e. The van der Waals surface area contributed by atoms with Crippen LogP contribution in [0.4, 0.5) is 0 Å². The quantitative estimate of drug-likeness (QED) is 0.486. The summed E-state index contributed by atoms with van der Waals surface area (Å²) in [6, 6.07) is 18.3. The molecule has 4 aromatic rings. The molecule has 164 valence electrons. The molecule has 3 heterocycles. The number of fused-ring (bicyclic) bond motifs is 1. The number of piperazine rings is 1. The molecule has 0 amide bonds. The van der Waals surface area contributed by atoms with Gasteiger partial charge < -0.3 is 9.72 Å². The highest BCUT2D eigenvalue weighted by Gasteiger charge is 2.19. The van der Waals surface area contributed by atoms with Crippen molar-refractivity contribution in [2.45, 2.75) is 13.1 Å². The molecule has 32 heavy (non-hydrogen) atoms. The Morgan fingerprint density at radius 2 is 1.66 bits per heavy atom. The molecule has 6 nitrogen and oxygen atoms in total. The molecule has 1 aliphatic heterocycles. The molecule has 7 heteroatoms. The highest BCUT2D eigenvalue weighted by atomic mass is 32.1. The first-order valence-corrected chi connectivity index (χ1v) is 11.7. The molecule has 0 spiro atoms. The molecular formula is C25H26N4O2S. The highest BCUT2D eigenvalue weighted by Crippen LogP contribution is 2.30. The lowest BCUT2D eigenvalue weighted by Crippen LogP contribution is -2.45. The molecule has 1 N–H and O–H groups in total. The van der Waals surface area contributed by atoms with Gasteiger partial charge in [-0.1, -0.05) is 42.5 Å². The molecule has 1 fully saturated rings. The van der Waals surface area contributed by atoms with Crippen molar-refractivity contribution >= 4 is 21.6 Å². The van der Waals surface area contributed by atoms with Gasteiger partial charge in [0, 0.05) is 43.7 Å². The van der Waals surface area contributed by atoms with Crippen LogP contribution in [-0.4, -0.2) is 53.1 Å².